The van der Waals surface area contributed by atoms with Gasteiger partial charge in [0.05, 0.1) is 11.4 Å². The van der Waals surface area contributed by atoms with E-state index < -0.39 is 41.8 Å². The maximum absolute atomic E-state index is 12.1. The average molecular weight is 2080 g/mol. The molecule has 122 heavy (non-hydrogen) atoms. The average Bonchev–Trinajstić information content (AvgIpc) is 0.810. The molecule has 0 aliphatic carbocycles. The van der Waals surface area contributed by atoms with E-state index in [0.29, 0.717) is 32.1 Å². The third kappa shape index (κ3) is 49.6. The summed E-state index contributed by atoms with van der Waals surface area (Å²) < 4.78 is 66.5. The molecule has 4 N–H and O–H groups in total. The van der Waals surface area contributed by atoms with Gasteiger partial charge in [-0.2, -0.15) is 6.42 Å². The number of nitrogen functional groups attached to an aromatic ring is 1. The zero-order chi connectivity index (χ0) is 87.5. The van der Waals surface area contributed by atoms with Crippen LogP contribution in [0.3, 0.4) is 0 Å². The summed E-state index contributed by atoms with van der Waals surface area (Å²) in [6, 6.07) is 35.1. The largest absolute Gasteiger partial charge is 1.00 e. The Morgan fingerprint density at radius 1 is 0.500 bits per heavy atom. The van der Waals surface area contributed by atoms with Crippen LogP contribution in [-0.2, 0) is 47.4 Å². The summed E-state index contributed by atoms with van der Waals surface area (Å²) in [5, 5.41) is 11.6. The molecule has 0 spiro atoms. The van der Waals surface area contributed by atoms with E-state index in [1.54, 1.807) is 4.44 Å². The predicted molar refractivity (Wildman–Crippen MR) is 526 cm³/mol. The second-order valence-electron chi connectivity index (χ2n) is 32.8. The van der Waals surface area contributed by atoms with Crippen molar-refractivity contribution in [2.24, 2.45) is 0 Å². The summed E-state index contributed by atoms with van der Waals surface area (Å²) in [5.74, 6) is 18.3. The van der Waals surface area contributed by atoms with Crippen LogP contribution in [0.4, 0.5) is 26.7 Å². The van der Waals surface area contributed by atoms with Crippen LogP contribution >= 0.6 is 50.9 Å². The number of benzene rings is 6. The van der Waals surface area contributed by atoms with Crippen LogP contribution in [0.25, 0.3) is 32.3 Å². The quantitative estimate of drug-likeness (QED) is 0.00739. The number of ether oxygens (including phenoxy) is 10. The minimum Gasteiger partial charge on any atom is -0.398 e. The number of alkyl halides is 1. The Bertz CT molecular complexity index is 4030. The van der Waals surface area contributed by atoms with Gasteiger partial charge in [0.15, 0.2) is 18.9 Å². The summed E-state index contributed by atoms with van der Waals surface area (Å²) in [4.78, 5) is 23.9. The molecule has 10 rings (SSSR count). The molecule has 0 bridgehead atoms. The number of nitrogens with one attached hydrogen (secondary N) is 2. The number of terminal acetylenes is 1. The van der Waals surface area contributed by atoms with Crippen molar-refractivity contribution < 1.29 is 75.8 Å². The van der Waals surface area contributed by atoms with Crippen molar-refractivity contribution in [3.05, 3.63) is 132 Å². The number of anilines is 3. The molecule has 4 fully saturated rings. The predicted octanol–water partition coefficient (Wildman–Crippen LogP) is 24.9. The molecule has 4 aliphatic rings. The number of halogens is 3. The van der Waals surface area contributed by atoms with Gasteiger partial charge >= 0.3 is 302 Å². The van der Waals surface area contributed by atoms with Gasteiger partial charge in [0.2, 0.25) is 0 Å². The monoisotopic (exact) mass is 2080 g/mol. The molecule has 4 heterocycles. The first-order valence-electron chi connectivity index (χ1n) is 45.0. The van der Waals surface area contributed by atoms with E-state index in [1.807, 2.05) is 151 Å². The smallest absolute Gasteiger partial charge is 0.398 e. The number of amides is 2. The fourth-order valence-corrected chi connectivity index (χ4v) is 34.5. The van der Waals surface area contributed by atoms with Gasteiger partial charge < -0.3 is 50.6 Å². The van der Waals surface area contributed by atoms with E-state index >= 15 is 0 Å². The SMILES string of the molecule is C#CCOC1CCCCO1.CC(C)(C)OC(=O)Nc1ccc(Br)c2ccccc12.CC(C)(C)OC(=O)Nc1ccc(C#CCOC2CCCCO2)c2ccccc12.CCC[CH2][Sn]([C]#CCOC1CCCCO1)([CH2]CCC)[CH2]CCC.CCC[CH2][Sn][C](I)(CCCC)CCCC.Cl.Nc1ccc(C#CCOC2CCCCO2)c2ccccc12.[CH2-]CCC.[Li+]. The second kappa shape index (κ2) is 68.2. The summed E-state index contributed by atoms with van der Waals surface area (Å²) in [5.41, 5.74) is 9.02. The standard InChI is InChI=1S/C23H27NO4.C18H19NO2.C15H16BrNO2.C9H18I.C8H12O2.C8H11O2.5C4H9.ClH.Li.2Sn/c1-23(2,3)28-22(25)24-20-14-13-17(18-10-4-5-11-19(18)20)9-8-16-27-21-12-6-7-15-26-21;19-17-11-10-14(15-7-1-2-8-16(15)17)6-5-13-21-18-9-3-4-12-20-18;1-15(2,3)19-14(18)17-13-9-8-12(16)10-6-4-5-7-11(10)13;1-3-5-7-9(10)8-6-4-2;2*1-2-6-9-8-5-3-4-7-10-8;5*1-3-4-2;;;;/h4-5,10-11,13-14,21H,6-7,12,15-16H2,1-3H3,(H,24,25);1-2,7-8,10-11,18H,3-4,9,12-13,19H2;4-9H,1-3H3,(H,17,18);3-8H2,1-2H3;1,8H,3-7H2;8H,3-7H2;5*1,3-4H2,2H3;1H;;;/q;;;;;;;;;;-1;;+1;;. The molecule has 0 aromatic heterocycles. The third-order valence-corrected chi connectivity index (χ3v) is 42.5. The maximum Gasteiger partial charge on any atom is 1.00 e. The van der Waals surface area contributed by atoms with Crippen molar-refractivity contribution in [1.82, 2.24) is 0 Å². The molecule has 6 aromatic carbocycles. The van der Waals surface area contributed by atoms with Crippen LogP contribution in [0, 0.1) is 52.8 Å². The number of fused-ring (bicyclic) bond motifs is 3. The van der Waals surface area contributed by atoms with Gasteiger partial charge in [0, 0.05) is 57.3 Å². The number of carbonyl (C=O) groups is 2. The number of unbranched alkanes of at least 4 members (excludes halogenated alkanes) is 7. The summed E-state index contributed by atoms with van der Waals surface area (Å²) >= 11 is 3.94. The minimum absolute atomic E-state index is 0. The van der Waals surface area contributed by atoms with E-state index in [1.165, 1.54) is 135 Å². The van der Waals surface area contributed by atoms with E-state index in [4.69, 9.17) is 59.5 Å². The number of nitrogens with two attached hydrogens (primary N) is 1. The van der Waals surface area contributed by atoms with E-state index in [0.717, 1.165) is 145 Å². The third-order valence-electron chi connectivity index (χ3n) is 20.0. The number of rotatable bonds is 30. The molecule has 0 saturated carbocycles. The normalized spacial score (nSPS) is 16.1. The molecule has 670 valence electrons. The number of hydrogen-bond donors (Lipinski definition) is 3. The Morgan fingerprint density at radius 3 is 1.23 bits per heavy atom. The number of hydrogen-bond acceptors (Lipinski definition) is 13. The number of carbonyl (C=O) groups excluding carboxylic acids is 2. The zero-order valence-corrected chi connectivity index (χ0v) is 87.2. The molecule has 15 nitrogen and oxygen atoms in total. The van der Waals surface area contributed by atoms with Gasteiger partial charge in [-0.3, -0.25) is 10.6 Å². The van der Waals surface area contributed by atoms with Gasteiger partial charge in [0.1, 0.15) is 31.0 Å². The van der Waals surface area contributed by atoms with Crippen LogP contribution in [0.1, 0.15) is 281 Å². The maximum atomic E-state index is 12.1. The molecule has 2 radical (unpaired) electrons. The van der Waals surface area contributed by atoms with Gasteiger partial charge in [-0.25, -0.2) is 9.59 Å². The molecule has 4 saturated heterocycles. The molecule has 4 atom stereocenters. The Kier molecular flexibility index (Phi) is 63.8. The molecule has 6 aromatic rings. The van der Waals surface area contributed by atoms with Crippen molar-refractivity contribution in [3.63, 3.8) is 0 Å². The van der Waals surface area contributed by atoms with Crippen molar-refractivity contribution in [1.29, 1.82) is 0 Å². The molecule has 4 aliphatic heterocycles. The molecular weight excluding hydrogens is 1930 g/mol. The van der Waals surface area contributed by atoms with Crippen LogP contribution in [0.2, 0.25) is 17.7 Å². The van der Waals surface area contributed by atoms with E-state index in [2.05, 4.69) is 144 Å². The Labute approximate surface area is 792 Å². The molecule has 4 unspecified atom stereocenters. The second-order valence-corrected chi connectivity index (χ2v) is 56.1. The van der Waals surface area contributed by atoms with Crippen LogP contribution in [0.15, 0.2) is 114 Å². The van der Waals surface area contributed by atoms with Crippen LogP contribution < -0.4 is 35.2 Å². The van der Waals surface area contributed by atoms with Crippen molar-refractivity contribution >= 4 is 152 Å². The molecule has 2 amide bonds. The Balaban J connectivity index is 0.000000500. The van der Waals surface area contributed by atoms with E-state index in [-0.39, 0.29) is 77.6 Å². The fraction of sp³-hybridized carbons (Fsp3) is 0.594. The van der Waals surface area contributed by atoms with Gasteiger partial charge in [-0.1, -0.05) is 132 Å². The van der Waals surface area contributed by atoms with E-state index in [9.17, 15) is 9.59 Å². The van der Waals surface area contributed by atoms with Gasteiger partial charge in [-0.05, 0) is 152 Å². The molecular formula is C101H149BrClILiN3O12Sn2. The van der Waals surface area contributed by atoms with Crippen LogP contribution in [0.5, 0.6) is 0 Å². The van der Waals surface area contributed by atoms with Crippen LogP contribution in [-0.4, -0.2) is 142 Å². The summed E-state index contributed by atoms with van der Waals surface area (Å²) in [6.45, 7) is 35.6. The first-order chi connectivity index (χ1) is 57.9. The first-order valence-corrected chi connectivity index (χ1v) is 57.8. The first kappa shape index (κ1) is 114. The fourth-order valence-electron chi connectivity index (χ4n) is 13.4. The van der Waals surface area contributed by atoms with Gasteiger partial charge in [-0.15, -0.1) is 18.8 Å². The summed E-state index contributed by atoms with van der Waals surface area (Å²) in [7, 11) is 0. The minimum atomic E-state index is -2.27. The van der Waals surface area contributed by atoms with Gasteiger partial charge in [0.25, 0.3) is 0 Å². The topological polar surface area (TPSA) is 177 Å². The zero-order valence-electron chi connectivity index (χ0n) is 76.9. The summed E-state index contributed by atoms with van der Waals surface area (Å²) in [6.07, 6.45) is 39.0. The Morgan fingerprint density at radius 2 is 0.852 bits per heavy atom. The Hall–Kier alpha value is -3.95. The molecule has 21 heteroatoms. The van der Waals surface area contributed by atoms with Crippen molar-refractivity contribution in [3.8, 4) is 45.9 Å². The van der Waals surface area contributed by atoms with Crippen molar-refractivity contribution in [2.45, 2.75) is 325 Å². The van der Waals surface area contributed by atoms with Crippen molar-refractivity contribution in [2.75, 3.05) is 69.2 Å².